The molecule has 0 saturated heterocycles. The van der Waals surface area contributed by atoms with E-state index < -0.39 is 11.2 Å². The number of hydrogen-bond acceptors (Lipinski definition) is 5. The van der Waals surface area contributed by atoms with Gasteiger partial charge in [-0.1, -0.05) is 17.7 Å². The van der Waals surface area contributed by atoms with Crippen LogP contribution in [0.4, 0.5) is 5.82 Å². The summed E-state index contributed by atoms with van der Waals surface area (Å²) in [5.74, 6) is 0.301. The molecule has 2 aromatic heterocycles. The fraction of sp³-hybridized carbons (Fsp3) is 0.214. The predicted octanol–water partition coefficient (Wildman–Crippen LogP) is 1.90. The van der Waals surface area contributed by atoms with Crippen molar-refractivity contribution in [1.29, 1.82) is 0 Å². The molecule has 0 aliphatic heterocycles. The fourth-order valence-electron chi connectivity index (χ4n) is 2.12. The summed E-state index contributed by atoms with van der Waals surface area (Å²) in [7, 11) is 0. The van der Waals surface area contributed by atoms with Gasteiger partial charge in [-0.05, 0) is 26.0 Å². The Morgan fingerprint density at radius 1 is 1.24 bits per heavy atom. The number of hydrogen-bond donors (Lipinski definition) is 1. The van der Waals surface area contributed by atoms with Crippen LogP contribution in [0.3, 0.4) is 0 Å². The van der Waals surface area contributed by atoms with Gasteiger partial charge < -0.3 is 10.3 Å². The first kappa shape index (κ1) is 13.8. The Kier molecular flexibility index (Phi) is 3.52. The van der Waals surface area contributed by atoms with E-state index >= 15 is 0 Å². The summed E-state index contributed by atoms with van der Waals surface area (Å²) < 4.78 is 14.5. The van der Waals surface area contributed by atoms with Crippen molar-refractivity contribution in [1.82, 2.24) is 19.7 Å². The maximum absolute atomic E-state index is 12.8. The summed E-state index contributed by atoms with van der Waals surface area (Å²) in [5.41, 5.74) is 7.65. The van der Waals surface area contributed by atoms with E-state index in [-0.39, 0.29) is 0 Å². The van der Waals surface area contributed by atoms with Crippen LogP contribution >= 0.6 is 0 Å². The molecule has 3 aromatic rings. The number of anilines is 1. The molecule has 0 amide bonds. The Labute approximate surface area is 125 Å². The van der Waals surface area contributed by atoms with Crippen LogP contribution in [0.1, 0.15) is 12.5 Å². The van der Waals surface area contributed by atoms with E-state index in [1.54, 1.807) is 4.68 Å². The average molecular weight is 301 g/mol. The number of benzene rings is 1. The second-order valence-corrected chi connectivity index (χ2v) is 6.06. The highest BCUT2D eigenvalue weighted by Crippen LogP contribution is 2.29. The monoisotopic (exact) mass is 301 g/mol. The molecule has 0 spiro atoms. The lowest BCUT2D eigenvalue weighted by Crippen LogP contribution is -2.05. The molecule has 0 bridgehead atoms. The SMILES string of the molecule is CCn1nc([S+]([O-])c2ccc(C)cc2)c2c(N)ncnc21. The third kappa shape index (κ3) is 2.34. The number of aryl methyl sites for hydroxylation is 2. The highest BCUT2D eigenvalue weighted by Gasteiger charge is 2.26. The number of aromatic nitrogens is 4. The standard InChI is InChI=1S/C14H15N5OS/c1-3-19-13-11(12(15)16-8-17-13)14(18-19)21(20)10-6-4-9(2)5-7-10/h4-8H,3H2,1-2H3,(H2,15,16,17). The average Bonchev–Trinajstić information content (AvgIpc) is 2.87. The molecule has 2 N–H and O–H groups in total. The lowest BCUT2D eigenvalue weighted by Gasteiger charge is -2.07. The third-order valence-electron chi connectivity index (χ3n) is 3.24. The molecular formula is C14H15N5OS. The van der Waals surface area contributed by atoms with Crippen molar-refractivity contribution in [2.24, 2.45) is 0 Å². The molecule has 7 heteroatoms. The first-order valence-electron chi connectivity index (χ1n) is 6.57. The summed E-state index contributed by atoms with van der Waals surface area (Å²) in [6.45, 7) is 4.56. The Hall–Kier alpha value is -2.12. The molecule has 1 aromatic carbocycles. The fourth-order valence-corrected chi connectivity index (χ4v) is 3.28. The first-order chi connectivity index (χ1) is 10.1. The van der Waals surface area contributed by atoms with Crippen LogP contribution in [0, 0.1) is 6.92 Å². The van der Waals surface area contributed by atoms with E-state index in [4.69, 9.17) is 5.73 Å². The van der Waals surface area contributed by atoms with Crippen LogP contribution in [0.2, 0.25) is 0 Å². The first-order valence-corrected chi connectivity index (χ1v) is 7.72. The Bertz CT molecular complexity index is 784. The van der Waals surface area contributed by atoms with Gasteiger partial charge in [-0.2, -0.15) is 0 Å². The minimum Gasteiger partial charge on any atom is -0.605 e. The number of fused-ring (bicyclic) bond motifs is 1. The summed E-state index contributed by atoms with van der Waals surface area (Å²) in [6, 6.07) is 7.52. The summed E-state index contributed by atoms with van der Waals surface area (Å²) >= 11 is -1.41. The van der Waals surface area contributed by atoms with Crippen molar-refractivity contribution in [3.8, 4) is 0 Å². The molecule has 0 aliphatic rings. The number of rotatable bonds is 3. The zero-order valence-corrected chi connectivity index (χ0v) is 12.6. The topological polar surface area (TPSA) is 92.7 Å². The van der Waals surface area contributed by atoms with E-state index in [9.17, 15) is 4.55 Å². The van der Waals surface area contributed by atoms with Crippen LogP contribution in [-0.2, 0) is 17.7 Å². The molecule has 108 valence electrons. The number of nitrogens with zero attached hydrogens (tertiary/aromatic N) is 4. The van der Waals surface area contributed by atoms with Gasteiger partial charge in [0.25, 0.3) is 5.03 Å². The Balaban J connectivity index is 2.17. The van der Waals surface area contributed by atoms with Crippen molar-refractivity contribution in [3.05, 3.63) is 36.2 Å². The Morgan fingerprint density at radius 3 is 2.62 bits per heavy atom. The molecule has 3 rings (SSSR count). The van der Waals surface area contributed by atoms with Crippen molar-refractivity contribution in [2.75, 3.05) is 5.73 Å². The molecular weight excluding hydrogens is 286 g/mol. The lowest BCUT2D eigenvalue weighted by molar-refractivity contribution is 0.583. The largest absolute Gasteiger partial charge is 0.605 e. The van der Waals surface area contributed by atoms with Gasteiger partial charge in [-0.15, -0.1) is 5.10 Å². The highest BCUT2D eigenvalue weighted by atomic mass is 32.2. The minimum atomic E-state index is -1.41. The zero-order chi connectivity index (χ0) is 15.0. The van der Waals surface area contributed by atoms with Gasteiger partial charge in [0.1, 0.15) is 17.5 Å². The molecule has 0 aliphatic carbocycles. The molecule has 1 atom stereocenters. The van der Waals surface area contributed by atoms with Crippen molar-refractivity contribution >= 4 is 28.0 Å². The van der Waals surface area contributed by atoms with Crippen LogP contribution in [0.5, 0.6) is 0 Å². The van der Waals surface area contributed by atoms with Gasteiger partial charge in [0.2, 0.25) is 0 Å². The third-order valence-corrected chi connectivity index (χ3v) is 4.57. The van der Waals surface area contributed by atoms with E-state index in [0.29, 0.717) is 33.3 Å². The van der Waals surface area contributed by atoms with Crippen LogP contribution < -0.4 is 5.73 Å². The van der Waals surface area contributed by atoms with Crippen molar-refractivity contribution < 1.29 is 4.55 Å². The van der Waals surface area contributed by atoms with Gasteiger partial charge in [-0.3, -0.25) is 0 Å². The zero-order valence-electron chi connectivity index (χ0n) is 11.8. The summed E-state index contributed by atoms with van der Waals surface area (Å²) in [6.07, 6.45) is 1.39. The quantitative estimate of drug-likeness (QED) is 0.746. The molecule has 0 saturated carbocycles. The van der Waals surface area contributed by atoms with Gasteiger partial charge >= 0.3 is 0 Å². The van der Waals surface area contributed by atoms with Crippen LogP contribution in [0.25, 0.3) is 11.0 Å². The van der Waals surface area contributed by atoms with Gasteiger partial charge in [-0.25, -0.2) is 14.6 Å². The molecule has 2 heterocycles. The molecule has 6 nitrogen and oxygen atoms in total. The van der Waals surface area contributed by atoms with Gasteiger partial charge in [0.05, 0.1) is 0 Å². The summed E-state index contributed by atoms with van der Waals surface area (Å²) in [4.78, 5) is 8.87. The predicted molar refractivity (Wildman–Crippen MR) is 81.3 cm³/mol. The van der Waals surface area contributed by atoms with E-state index in [2.05, 4.69) is 15.1 Å². The van der Waals surface area contributed by atoms with Crippen LogP contribution in [-0.4, -0.2) is 24.3 Å². The smallest absolute Gasteiger partial charge is 0.282 e. The number of nitrogens with two attached hydrogens (primary N) is 1. The van der Waals surface area contributed by atoms with E-state index in [0.717, 1.165) is 5.56 Å². The number of nitrogen functional groups attached to an aromatic ring is 1. The second kappa shape index (κ2) is 5.34. The second-order valence-electron chi connectivity index (χ2n) is 4.66. The highest BCUT2D eigenvalue weighted by molar-refractivity contribution is 7.91. The molecule has 1 unspecified atom stereocenters. The lowest BCUT2D eigenvalue weighted by atomic mass is 10.2. The normalized spacial score (nSPS) is 12.7. The molecule has 21 heavy (non-hydrogen) atoms. The van der Waals surface area contributed by atoms with Gasteiger partial charge in [0.15, 0.2) is 10.5 Å². The Morgan fingerprint density at radius 2 is 1.95 bits per heavy atom. The molecule has 0 radical (unpaired) electrons. The maximum atomic E-state index is 12.8. The van der Waals surface area contributed by atoms with Crippen LogP contribution in [0.15, 0.2) is 40.5 Å². The van der Waals surface area contributed by atoms with Crippen molar-refractivity contribution in [3.63, 3.8) is 0 Å². The summed E-state index contributed by atoms with van der Waals surface area (Å²) in [5, 5.41) is 5.38. The minimum absolute atomic E-state index is 0.301. The van der Waals surface area contributed by atoms with E-state index in [1.165, 1.54) is 6.33 Å². The van der Waals surface area contributed by atoms with Crippen molar-refractivity contribution in [2.45, 2.75) is 30.3 Å². The molecule has 0 fully saturated rings. The van der Waals surface area contributed by atoms with Gasteiger partial charge in [0, 0.05) is 17.7 Å². The maximum Gasteiger partial charge on any atom is 0.282 e. The van der Waals surface area contributed by atoms with E-state index in [1.807, 2.05) is 38.1 Å².